The lowest BCUT2D eigenvalue weighted by Crippen LogP contribution is -2.24. The maximum absolute atomic E-state index is 6.31. The molecule has 1 unspecified atom stereocenters. The SMILES string of the molecule is CCCNC(Cc1cc(C)nn1CC)c1sccc1Cl. The first kappa shape index (κ1) is 15.5. The third-order valence-electron chi connectivity index (χ3n) is 3.30. The average molecular weight is 312 g/mol. The maximum Gasteiger partial charge on any atom is 0.0596 e. The molecule has 5 heteroatoms. The predicted octanol–water partition coefficient (Wildman–Crippen LogP) is 4.21. The van der Waals surface area contributed by atoms with Crippen LogP contribution in [0.3, 0.4) is 0 Å². The second kappa shape index (κ2) is 7.25. The molecule has 2 aromatic heterocycles. The molecule has 0 aliphatic rings. The van der Waals surface area contributed by atoms with Gasteiger partial charge in [-0.2, -0.15) is 5.10 Å². The molecule has 0 radical (unpaired) electrons. The molecule has 2 heterocycles. The molecule has 0 fully saturated rings. The largest absolute Gasteiger partial charge is 0.309 e. The fourth-order valence-corrected chi connectivity index (χ4v) is 3.64. The summed E-state index contributed by atoms with van der Waals surface area (Å²) in [6, 6.07) is 4.42. The molecule has 0 saturated heterocycles. The minimum absolute atomic E-state index is 0.267. The summed E-state index contributed by atoms with van der Waals surface area (Å²) in [6.45, 7) is 8.26. The van der Waals surface area contributed by atoms with Gasteiger partial charge in [0.15, 0.2) is 0 Å². The van der Waals surface area contributed by atoms with Gasteiger partial charge in [0.1, 0.15) is 0 Å². The molecule has 3 nitrogen and oxygen atoms in total. The van der Waals surface area contributed by atoms with Crippen LogP contribution in [0.1, 0.15) is 42.6 Å². The van der Waals surface area contributed by atoms with Crippen molar-refractivity contribution in [3.05, 3.63) is 38.8 Å². The zero-order valence-electron chi connectivity index (χ0n) is 12.3. The number of hydrogen-bond acceptors (Lipinski definition) is 3. The third kappa shape index (κ3) is 3.62. The van der Waals surface area contributed by atoms with Gasteiger partial charge < -0.3 is 5.32 Å². The van der Waals surface area contributed by atoms with Crippen LogP contribution in [0.5, 0.6) is 0 Å². The minimum atomic E-state index is 0.267. The number of halogens is 1. The van der Waals surface area contributed by atoms with Crippen molar-refractivity contribution in [3.8, 4) is 0 Å². The van der Waals surface area contributed by atoms with Gasteiger partial charge in [0.05, 0.1) is 10.7 Å². The number of nitrogens with one attached hydrogen (secondary N) is 1. The Balaban J connectivity index is 2.21. The second-order valence-corrected chi connectivity index (χ2v) is 6.29. The van der Waals surface area contributed by atoms with Crippen LogP contribution in [-0.2, 0) is 13.0 Å². The summed E-state index contributed by atoms with van der Waals surface area (Å²) in [4.78, 5) is 1.22. The average Bonchev–Trinajstić information content (AvgIpc) is 3.00. The van der Waals surface area contributed by atoms with E-state index in [1.165, 1.54) is 10.6 Å². The van der Waals surface area contributed by atoms with Crippen molar-refractivity contribution in [2.24, 2.45) is 0 Å². The van der Waals surface area contributed by atoms with Crippen molar-refractivity contribution < 1.29 is 0 Å². The highest BCUT2D eigenvalue weighted by Gasteiger charge is 2.18. The van der Waals surface area contributed by atoms with Crippen molar-refractivity contribution in [1.82, 2.24) is 15.1 Å². The number of rotatable bonds is 7. The third-order valence-corrected chi connectivity index (χ3v) is 4.77. The standard InChI is InChI=1S/C15H22ClN3S/c1-4-7-17-14(15-13(16)6-8-20-15)10-12-9-11(3)18-19(12)5-2/h6,8-9,14,17H,4-5,7,10H2,1-3H3. The summed E-state index contributed by atoms with van der Waals surface area (Å²) in [5.41, 5.74) is 2.34. The van der Waals surface area contributed by atoms with E-state index in [1.54, 1.807) is 11.3 Å². The molecule has 0 bridgehead atoms. The highest BCUT2D eigenvalue weighted by atomic mass is 35.5. The van der Waals surface area contributed by atoms with Crippen LogP contribution in [0.4, 0.5) is 0 Å². The summed E-state index contributed by atoms with van der Waals surface area (Å²) in [7, 11) is 0. The van der Waals surface area contributed by atoms with E-state index in [2.05, 4.69) is 40.4 Å². The normalized spacial score (nSPS) is 12.8. The van der Waals surface area contributed by atoms with Gasteiger partial charge in [-0.1, -0.05) is 18.5 Å². The summed E-state index contributed by atoms with van der Waals surface area (Å²) >= 11 is 8.03. The molecule has 1 N–H and O–H groups in total. The van der Waals surface area contributed by atoms with E-state index < -0.39 is 0 Å². The zero-order valence-corrected chi connectivity index (χ0v) is 13.9. The number of nitrogens with zero attached hydrogens (tertiary/aromatic N) is 2. The lowest BCUT2D eigenvalue weighted by molar-refractivity contribution is 0.508. The second-order valence-electron chi connectivity index (χ2n) is 4.94. The van der Waals surface area contributed by atoms with Crippen LogP contribution in [0.25, 0.3) is 0 Å². The Morgan fingerprint density at radius 1 is 1.45 bits per heavy atom. The highest BCUT2D eigenvalue weighted by molar-refractivity contribution is 7.10. The Bertz CT molecular complexity index is 547. The lowest BCUT2D eigenvalue weighted by atomic mass is 10.1. The molecule has 1 atom stereocenters. The van der Waals surface area contributed by atoms with E-state index in [9.17, 15) is 0 Å². The van der Waals surface area contributed by atoms with Crippen LogP contribution in [0, 0.1) is 6.92 Å². The van der Waals surface area contributed by atoms with E-state index in [-0.39, 0.29) is 6.04 Å². The highest BCUT2D eigenvalue weighted by Crippen LogP contribution is 2.31. The molecule has 0 amide bonds. The number of thiophene rings is 1. The van der Waals surface area contributed by atoms with Gasteiger partial charge in [-0.15, -0.1) is 11.3 Å². The van der Waals surface area contributed by atoms with E-state index in [0.717, 1.165) is 36.6 Å². The Labute approximate surface area is 130 Å². The fourth-order valence-electron chi connectivity index (χ4n) is 2.38. The molecule has 0 aliphatic heterocycles. The first-order valence-corrected chi connectivity index (χ1v) is 8.41. The summed E-state index contributed by atoms with van der Waals surface area (Å²) in [6.07, 6.45) is 2.04. The quantitative estimate of drug-likeness (QED) is 0.830. The predicted molar refractivity (Wildman–Crippen MR) is 86.7 cm³/mol. The Morgan fingerprint density at radius 2 is 2.25 bits per heavy atom. The van der Waals surface area contributed by atoms with Gasteiger partial charge in [0.25, 0.3) is 0 Å². The fraction of sp³-hybridized carbons (Fsp3) is 0.533. The number of hydrogen-bond donors (Lipinski definition) is 1. The zero-order chi connectivity index (χ0) is 14.5. The summed E-state index contributed by atoms with van der Waals surface area (Å²) in [5, 5.41) is 11.1. The topological polar surface area (TPSA) is 29.9 Å². The first-order chi connectivity index (χ1) is 9.65. The molecular weight excluding hydrogens is 290 g/mol. The number of aromatic nitrogens is 2. The van der Waals surface area contributed by atoms with Crippen molar-refractivity contribution in [1.29, 1.82) is 0 Å². The van der Waals surface area contributed by atoms with Gasteiger partial charge in [-0.05, 0) is 44.3 Å². The Hall–Kier alpha value is -0.840. The van der Waals surface area contributed by atoms with Crippen molar-refractivity contribution in [2.75, 3.05) is 6.54 Å². The van der Waals surface area contributed by atoms with E-state index in [1.807, 2.05) is 13.0 Å². The van der Waals surface area contributed by atoms with Crippen LogP contribution >= 0.6 is 22.9 Å². The molecule has 110 valence electrons. The first-order valence-electron chi connectivity index (χ1n) is 7.15. The van der Waals surface area contributed by atoms with Crippen LogP contribution in [0.2, 0.25) is 5.02 Å². The van der Waals surface area contributed by atoms with E-state index >= 15 is 0 Å². The van der Waals surface area contributed by atoms with Gasteiger partial charge in [-0.3, -0.25) is 4.68 Å². The molecule has 0 spiro atoms. The molecular formula is C15H22ClN3S. The Kier molecular flexibility index (Phi) is 5.64. The monoisotopic (exact) mass is 311 g/mol. The van der Waals surface area contributed by atoms with Crippen LogP contribution in [-0.4, -0.2) is 16.3 Å². The molecule has 2 rings (SSSR count). The molecule has 0 aliphatic carbocycles. The summed E-state index contributed by atoms with van der Waals surface area (Å²) in [5.74, 6) is 0. The van der Waals surface area contributed by atoms with Gasteiger partial charge in [0.2, 0.25) is 0 Å². The van der Waals surface area contributed by atoms with E-state index in [4.69, 9.17) is 11.6 Å². The van der Waals surface area contributed by atoms with Crippen molar-refractivity contribution in [2.45, 2.75) is 46.2 Å². The molecule has 0 aromatic carbocycles. The molecule has 20 heavy (non-hydrogen) atoms. The van der Waals surface area contributed by atoms with Gasteiger partial charge >= 0.3 is 0 Å². The van der Waals surface area contributed by atoms with Crippen molar-refractivity contribution in [3.63, 3.8) is 0 Å². The van der Waals surface area contributed by atoms with Gasteiger partial charge in [-0.25, -0.2) is 0 Å². The minimum Gasteiger partial charge on any atom is -0.309 e. The van der Waals surface area contributed by atoms with Gasteiger partial charge in [0, 0.05) is 29.6 Å². The number of aryl methyl sites for hydroxylation is 2. The lowest BCUT2D eigenvalue weighted by Gasteiger charge is -2.18. The molecule has 0 saturated carbocycles. The molecule has 2 aromatic rings. The summed E-state index contributed by atoms with van der Waals surface area (Å²) < 4.78 is 2.08. The smallest absolute Gasteiger partial charge is 0.0596 e. The van der Waals surface area contributed by atoms with Crippen LogP contribution in [0.15, 0.2) is 17.5 Å². The maximum atomic E-state index is 6.31. The van der Waals surface area contributed by atoms with E-state index in [0.29, 0.717) is 0 Å². The van der Waals surface area contributed by atoms with Crippen molar-refractivity contribution >= 4 is 22.9 Å². The Morgan fingerprint density at radius 3 is 2.85 bits per heavy atom. The van der Waals surface area contributed by atoms with Crippen LogP contribution < -0.4 is 5.32 Å².